The minimum atomic E-state index is -0.0202. The van der Waals surface area contributed by atoms with Crippen LogP contribution in [0.1, 0.15) is 13.3 Å². The van der Waals surface area contributed by atoms with Gasteiger partial charge in [-0.1, -0.05) is 13.0 Å². The summed E-state index contributed by atoms with van der Waals surface area (Å²) in [5, 5.41) is 2.79. The topological polar surface area (TPSA) is 53.8 Å². The van der Waals surface area contributed by atoms with Crippen LogP contribution in [0.5, 0.6) is 0 Å². The number of hydrogen-bond donors (Lipinski definition) is 1. The van der Waals surface area contributed by atoms with Gasteiger partial charge in [0.1, 0.15) is 5.71 Å². The highest BCUT2D eigenvalue weighted by molar-refractivity contribution is 6.52. The molecule has 0 heterocycles. The third-order valence-corrected chi connectivity index (χ3v) is 2.07. The van der Waals surface area contributed by atoms with Crippen LogP contribution in [0.3, 0.4) is 0 Å². The zero-order chi connectivity index (χ0) is 11.3. The zero-order valence-corrected chi connectivity index (χ0v) is 9.24. The van der Waals surface area contributed by atoms with E-state index >= 15 is 0 Å². The number of aliphatic imine (C=N–C) groups is 2. The second kappa shape index (κ2) is 5.24. The minimum Gasteiger partial charge on any atom is -0.324 e. The van der Waals surface area contributed by atoms with Gasteiger partial charge >= 0.3 is 0 Å². The van der Waals surface area contributed by atoms with E-state index in [9.17, 15) is 4.79 Å². The van der Waals surface area contributed by atoms with Crippen molar-refractivity contribution in [1.29, 1.82) is 0 Å². The Balaban J connectivity index is 2.93. The standard InChI is InChI=1S/C11H15N3O/c1-4-10(15)14-9-7-5-6-8(12-2)11(9)13-3/h5-7H,4H2,1-3H3,(H,14,15)/b12-8-,13-11+. The average molecular weight is 205 g/mol. The van der Waals surface area contributed by atoms with Gasteiger partial charge in [-0.05, 0) is 12.2 Å². The number of nitrogens with zero attached hydrogens (tertiary/aromatic N) is 2. The van der Waals surface area contributed by atoms with E-state index in [1.165, 1.54) is 0 Å². The van der Waals surface area contributed by atoms with Crippen LogP contribution in [0.4, 0.5) is 0 Å². The van der Waals surface area contributed by atoms with Crippen molar-refractivity contribution in [1.82, 2.24) is 5.32 Å². The molecule has 0 bridgehead atoms. The molecular formula is C11H15N3O. The Kier molecular flexibility index (Phi) is 3.97. The number of rotatable bonds is 2. The van der Waals surface area contributed by atoms with E-state index in [-0.39, 0.29) is 5.91 Å². The number of amides is 1. The third-order valence-electron chi connectivity index (χ3n) is 2.07. The van der Waals surface area contributed by atoms with E-state index in [0.717, 1.165) is 11.4 Å². The van der Waals surface area contributed by atoms with E-state index in [4.69, 9.17) is 0 Å². The summed E-state index contributed by atoms with van der Waals surface area (Å²) in [4.78, 5) is 19.5. The molecule has 4 heteroatoms. The predicted octanol–water partition coefficient (Wildman–Crippen LogP) is 1.11. The summed E-state index contributed by atoms with van der Waals surface area (Å²) in [6.07, 6.45) is 5.99. The summed E-state index contributed by atoms with van der Waals surface area (Å²) >= 11 is 0. The molecule has 0 atom stereocenters. The quantitative estimate of drug-likeness (QED) is 0.674. The fraction of sp³-hybridized carbons (Fsp3) is 0.364. The molecule has 0 aliphatic heterocycles. The van der Waals surface area contributed by atoms with Crippen LogP contribution < -0.4 is 5.32 Å². The first kappa shape index (κ1) is 11.4. The number of carbonyl (C=O) groups excluding carboxylic acids is 1. The van der Waals surface area contributed by atoms with E-state index < -0.39 is 0 Å². The van der Waals surface area contributed by atoms with Crippen LogP contribution in [-0.2, 0) is 4.79 Å². The molecular weight excluding hydrogens is 190 g/mol. The Hall–Kier alpha value is -1.71. The highest BCUT2D eigenvalue weighted by atomic mass is 16.1. The predicted molar refractivity (Wildman–Crippen MR) is 62.4 cm³/mol. The van der Waals surface area contributed by atoms with Crippen LogP contribution in [0.25, 0.3) is 0 Å². The lowest BCUT2D eigenvalue weighted by atomic mass is 10.1. The van der Waals surface area contributed by atoms with Gasteiger partial charge in [0.2, 0.25) is 5.91 Å². The first-order chi connectivity index (χ1) is 7.22. The summed E-state index contributed by atoms with van der Waals surface area (Å²) < 4.78 is 0. The third kappa shape index (κ3) is 2.62. The Morgan fingerprint density at radius 2 is 2.13 bits per heavy atom. The summed E-state index contributed by atoms with van der Waals surface area (Å²) in [6.45, 7) is 1.81. The molecule has 0 saturated carbocycles. The molecule has 1 aliphatic rings. The number of carbonyl (C=O) groups is 1. The van der Waals surface area contributed by atoms with Gasteiger partial charge in [-0.25, -0.2) is 0 Å². The highest BCUT2D eigenvalue weighted by Crippen LogP contribution is 2.05. The van der Waals surface area contributed by atoms with Crippen LogP contribution in [0.2, 0.25) is 0 Å². The molecule has 1 aliphatic carbocycles. The summed E-state index contributed by atoms with van der Waals surface area (Å²) in [6, 6.07) is 0. The van der Waals surface area contributed by atoms with Gasteiger partial charge in [0, 0.05) is 20.5 Å². The van der Waals surface area contributed by atoms with Gasteiger partial charge in [0.05, 0.1) is 11.4 Å². The molecule has 0 unspecified atom stereocenters. The normalized spacial score (nSPS) is 20.6. The lowest BCUT2D eigenvalue weighted by molar-refractivity contribution is -0.119. The number of allylic oxidation sites excluding steroid dienone is 4. The van der Waals surface area contributed by atoms with Gasteiger partial charge in [0.15, 0.2) is 0 Å². The van der Waals surface area contributed by atoms with E-state index in [2.05, 4.69) is 15.3 Å². The molecule has 0 aromatic carbocycles. The van der Waals surface area contributed by atoms with Crippen molar-refractivity contribution < 1.29 is 4.79 Å². The zero-order valence-electron chi connectivity index (χ0n) is 9.24. The smallest absolute Gasteiger partial charge is 0.224 e. The van der Waals surface area contributed by atoms with Crippen LogP contribution in [0, 0.1) is 0 Å². The monoisotopic (exact) mass is 205 g/mol. The molecule has 0 aromatic rings. The highest BCUT2D eigenvalue weighted by Gasteiger charge is 2.15. The average Bonchev–Trinajstić information content (AvgIpc) is 2.28. The molecule has 0 spiro atoms. The van der Waals surface area contributed by atoms with Crippen molar-refractivity contribution >= 4 is 17.3 Å². The molecule has 1 rings (SSSR count). The molecule has 0 aromatic heterocycles. The van der Waals surface area contributed by atoms with Gasteiger partial charge in [-0.15, -0.1) is 0 Å². The molecule has 1 N–H and O–H groups in total. The Bertz CT molecular complexity index is 375. The molecule has 0 radical (unpaired) electrons. The summed E-state index contributed by atoms with van der Waals surface area (Å²) in [5.41, 5.74) is 2.22. The summed E-state index contributed by atoms with van der Waals surface area (Å²) in [7, 11) is 3.39. The van der Waals surface area contributed by atoms with Crippen molar-refractivity contribution in [3.05, 3.63) is 23.9 Å². The maximum Gasteiger partial charge on any atom is 0.224 e. The van der Waals surface area contributed by atoms with Crippen LogP contribution in [0.15, 0.2) is 33.9 Å². The van der Waals surface area contributed by atoms with Crippen molar-refractivity contribution in [3.8, 4) is 0 Å². The number of hydrogen-bond acceptors (Lipinski definition) is 3. The SMILES string of the molecule is CCC(=O)NC1=CC=CC(=N/C)/C1=N\C. The Morgan fingerprint density at radius 3 is 2.67 bits per heavy atom. The second-order valence-corrected chi connectivity index (χ2v) is 3.02. The first-order valence-corrected chi connectivity index (χ1v) is 4.85. The van der Waals surface area contributed by atoms with E-state index in [1.807, 2.05) is 25.2 Å². The maximum atomic E-state index is 11.3. The number of nitrogens with one attached hydrogen (secondary N) is 1. The Labute approximate surface area is 89.5 Å². The lowest BCUT2D eigenvalue weighted by Gasteiger charge is -2.14. The van der Waals surface area contributed by atoms with Gasteiger partial charge in [-0.2, -0.15) is 0 Å². The van der Waals surface area contributed by atoms with Crippen molar-refractivity contribution in [3.63, 3.8) is 0 Å². The summed E-state index contributed by atoms with van der Waals surface area (Å²) in [5.74, 6) is -0.0202. The minimum absolute atomic E-state index is 0.0202. The van der Waals surface area contributed by atoms with Crippen molar-refractivity contribution in [2.45, 2.75) is 13.3 Å². The fourth-order valence-electron chi connectivity index (χ4n) is 1.29. The second-order valence-electron chi connectivity index (χ2n) is 3.02. The van der Waals surface area contributed by atoms with E-state index in [0.29, 0.717) is 12.1 Å². The molecule has 4 nitrogen and oxygen atoms in total. The van der Waals surface area contributed by atoms with Crippen molar-refractivity contribution in [2.24, 2.45) is 9.98 Å². The first-order valence-electron chi connectivity index (χ1n) is 4.85. The molecule has 80 valence electrons. The Morgan fingerprint density at radius 1 is 1.40 bits per heavy atom. The molecule has 0 saturated heterocycles. The van der Waals surface area contributed by atoms with E-state index in [1.54, 1.807) is 14.1 Å². The molecule has 0 fully saturated rings. The van der Waals surface area contributed by atoms with Gasteiger partial charge in [0.25, 0.3) is 0 Å². The van der Waals surface area contributed by atoms with Crippen LogP contribution in [-0.4, -0.2) is 31.4 Å². The van der Waals surface area contributed by atoms with Gasteiger partial charge < -0.3 is 5.32 Å². The largest absolute Gasteiger partial charge is 0.324 e. The van der Waals surface area contributed by atoms with Crippen LogP contribution >= 0.6 is 0 Å². The maximum absolute atomic E-state index is 11.3. The van der Waals surface area contributed by atoms with Gasteiger partial charge in [-0.3, -0.25) is 14.8 Å². The fourth-order valence-corrected chi connectivity index (χ4v) is 1.29. The molecule has 15 heavy (non-hydrogen) atoms. The lowest BCUT2D eigenvalue weighted by Crippen LogP contribution is -2.31. The molecule has 1 amide bonds. The van der Waals surface area contributed by atoms with Crippen molar-refractivity contribution in [2.75, 3.05) is 14.1 Å².